The van der Waals surface area contributed by atoms with E-state index in [0.29, 0.717) is 19.1 Å². The number of rotatable bonds is 7. The third-order valence-electron chi connectivity index (χ3n) is 3.75. The molecule has 1 aliphatic heterocycles. The smallest absolute Gasteiger partial charge is 0.161 e. The van der Waals surface area contributed by atoms with Gasteiger partial charge in [0.15, 0.2) is 11.5 Å². The van der Waals surface area contributed by atoms with Crippen LogP contribution in [0.1, 0.15) is 32.8 Å². The van der Waals surface area contributed by atoms with Gasteiger partial charge in [0.1, 0.15) is 13.2 Å². The van der Waals surface area contributed by atoms with Gasteiger partial charge in [0, 0.05) is 6.54 Å². The lowest BCUT2D eigenvalue weighted by Gasteiger charge is -2.24. The summed E-state index contributed by atoms with van der Waals surface area (Å²) >= 11 is 0. The molecule has 1 aromatic rings. The molecule has 0 fully saturated rings. The highest BCUT2D eigenvalue weighted by Gasteiger charge is 2.14. The summed E-state index contributed by atoms with van der Waals surface area (Å²) in [5.41, 5.74) is 1.34. The zero-order valence-corrected chi connectivity index (χ0v) is 13.0. The van der Waals surface area contributed by atoms with Crippen LogP contribution in [0, 0.1) is 5.92 Å². The molecule has 0 saturated heterocycles. The van der Waals surface area contributed by atoms with E-state index in [9.17, 15) is 0 Å². The van der Waals surface area contributed by atoms with Gasteiger partial charge in [-0.1, -0.05) is 26.8 Å². The maximum atomic E-state index is 5.65. The van der Waals surface area contributed by atoms with Crippen molar-refractivity contribution in [1.29, 1.82) is 0 Å². The minimum absolute atomic E-state index is 0.657. The van der Waals surface area contributed by atoms with Gasteiger partial charge in [-0.3, -0.25) is 0 Å². The predicted molar refractivity (Wildman–Crippen MR) is 82.7 cm³/mol. The van der Waals surface area contributed by atoms with Crippen molar-refractivity contribution < 1.29 is 9.47 Å². The second kappa shape index (κ2) is 7.53. The molecule has 0 bridgehead atoms. The van der Waals surface area contributed by atoms with E-state index in [1.807, 2.05) is 6.07 Å². The van der Waals surface area contributed by atoms with Crippen molar-refractivity contribution in [3.8, 4) is 11.5 Å². The summed E-state index contributed by atoms with van der Waals surface area (Å²) in [6, 6.07) is 6.35. The topological polar surface area (TPSA) is 21.7 Å². The Kier molecular flexibility index (Phi) is 5.72. The molecule has 1 aromatic carbocycles. The molecular formula is C17H27NO2. The molecule has 1 aliphatic rings. The van der Waals surface area contributed by atoms with E-state index in [1.165, 1.54) is 25.1 Å². The van der Waals surface area contributed by atoms with E-state index in [0.717, 1.165) is 24.5 Å². The van der Waals surface area contributed by atoms with Crippen LogP contribution in [-0.4, -0.2) is 37.7 Å². The summed E-state index contributed by atoms with van der Waals surface area (Å²) in [4.78, 5) is 2.53. The maximum absolute atomic E-state index is 5.65. The quantitative estimate of drug-likeness (QED) is 0.763. The third kappa shape index (κ3) is 4.14. The van der Waals surface area contributed by atoms with Gasteiger partial charge in [0.05, 0.1) is 0 Å². The summed E-state index contributed by atoms with van der Waals surface area (Å²) in [5.74, 6) is 2.44. The SMILES string of the molecule is CCCN(CC)CC(C)Cc1ccc2c(c1)OCCO2. The summed E-state index contributed by atoms with van der Waals surface area (Å²) < 4.78 is 11.2. The zero-order valence-electron chi connectivity index (χ0n) is 13.0. The van der Waals surface area contributed by atoms with Crippen molar-refractivity contribution in [2.24, 2.45) is 5.92 Å². The average molecular weight is 277 g/mol. The van der Waals surface area contributed by atoms with Gasteiger partial charge in [0.2, 0.25) is 0 Å². The van der Waals surface area contributed by atoms with E-state index in [1.54, 1.807) is 0 Å². The standard InChI is InChI=1S/C17H27NO2/c1-4-8-18(5-2)13-14(3)11-15-6-7-16-17(12-15)20-10-9-19-16/h6-7,12,14H,4-5,8-11,13H2,1-3H3. The van der Waals surface area contributed by atoms with Crippen molar-refractivity contribution >= 4 is 0 Å². The van der Waals surface area contributed by atoms with Crippen LogP contribution >= 0.6 is 0 Å². The third-order valence-corrected chi connectivity index (χ3v) is 3.75. The van der Waals surface area contributed by atoms with Crippen molar-refractivity contribution in [2.75, 3.05) is 32.8 Å². The lowest BCUT2D eigenvalue weighted by Crippen LogP contribution is -2.30. The molecular weight excluding hydrogens is 250 g/mol. The molecule has 112 valence electrons. The molecule has 3 nitrogen and oxygen atoms in total. The van der Waals surface area contributed by atoms with Gasteiger partial charge >= 0.3 is 0 Å². The molecule has 0 saturated carbocycles. The van der Waals surface area contributed by atoms with Gasteiger partial charge in [-0.15, -0.1) is 0 Å². The Balaban J connectivity index is 1.92. The lowest BCUT2D eigenvalue weighted by atomic mass is 10.00. The van der Waals surface area contributed by atoms with E-state index in [-0.39, 0.29) is 0 Å². The van der Waals surface area contributed by atoms with Crippen molar-refractivity contribution in [3.63, 3.8) is 0 Å². The van der Waals surface area contributed by atoms with E-state index < -0.39 is 0 Å². The molecule has 0 N–H and O–H groups in total. The van der Waals surface area contributed by atoms with Gasteiger partial charge in [-0.25, -0.2) is 0 Å². The Labute approximate surface area is 122 Å². The first-order valence-corrected chi connectivity index (χ1v) is 7.83. The van der Waals surface area contributed by atoms with Crippen molar-refractivity contribution in [3.05, 3.63) is 23.8 Å². The number of ether oxygens (including phenoxy) is 2. The molecule has 0 spiro atoms. The first kappa shape index (κ1) is 15.2. The second-order valence-corrected chi connectivity index (χ2v) is 5.68. The lowest BCUT2D eigenvalue weighted by molar-refractivity contribution is 0.171. The Hall–Kier alpha value is -1.22. The van der Waals surface area contributed by atoms with Gasteiger partial charge < -0.3 is 14.4 Å². The van der Waals surface area contributed by atoms with Crippen LogP contribution in [0.15, 0.2) is 18.2 Å². The van der Waals surface area contributed by atoms with Crippen LogP contribution in [0.5, 0.6) is 11.5 Å². The fourth-order valence-electron chi connectivity index (χ4n) is 2.82. The van der Waals surface area contributed by atoms with Crippen LogP contribution < -0.4 is 9.47 Å². The van der Waals surface area contributed by atoms with E-state index in [4.69, 9.17) is 9.47 Å². The Morgan fingerprint density at radius 1 is 1.15 bits per heavy atom. The average Bonchev–Trinajstić information content (AvgIpc) is 2.46. The fraction of sp³-hybridized carbons (Fsp3) is 0.647. The predicted octanol–water partition coefficient (Wildman–Crippen LogP) is 3.37. The largest absolute Gasteiger partial charge is 0.486 e. The molecule has 1 unspecified atom stereocenters. The van der Waals surface area contributed by atoms with Gasteiger partial charge in [-0.05, 0) is 49.5 Å². The van der Waals surface area contributed by atoms with Gasteiger partial charge in [0.25, 0.3) is 0 Å². The molecule has 0 amide bonds. The highest BCUT2D eigenvalue weighted by atomic mass is 16.6. The summed E-state index contributed by atoms with van der Waals surface area (Å²) in [5, 5.41) is 0. The first-order chi connectivity index (χ1) is 9.72. The second-order valence-electron chi connectivity index (χ2n) is 5.68. The first-order valence-electron chi connectivity index (χ1n) is 7.83. The molecule has 0 aromatic heterocycles. The Morgan fingerprint density at radius 2 is 1.90 bits per heavy atom. The van der Waals surface area contributed by atoms with Crippen molar-refractivity contribution in [1.82, 2.24) is 4.90 Å². The molecule has 2 rings (SSSR count). The highest BCUT2D eigenvalue weighted by Crippen LogP contribution is 2.31. The number of hydrogen-bond acceptors (Lipinski definition) is 3. The summed E-state index contributed by atoms with van der Waals surface area (Å²) in [7, 11) is 0. The molecule has 3 heteroatoms. The molecule has 1 heterocycles. The van der Waals surface area contributed by atoms with E-state index >= 15 is 0 Å². The van der Waals surface area contributed by atoms with Gasteiger partial charge in [-0.2, -0.15) is 0 Å². The van der Waals surface area contributed by atoms with Crippen LogP contribution in [0.4, 0.5) is 0 Å². The Morgan fingerprint density at radius 3 is 2.60 bits per heavy atom. The number of hydrogen-bond donors (Lipinski definition) is 0. The number of nitrogens with zero attached hydrogens (tertiary/aromatic N) is 1. The maximum Gasteiger partial charge on any atom is 0.161 e. The molecule has 20 heavy (non-hydrogen) atoms. The number of fused-ring (bicyclic) bond motifs is 1. The van der Waals surface area contributed by atoms with E-state index in [2.05, 4.69) is 37.8 Å². The van der Waals surface area contributed by atoms with Crippen LogP contribution in [0.25, 0.3) is 0 Å². The number of benzene rings is 1. The van der Waals surface area contributed by atoms with Crippen LogP contribution in [0.2, 0.25) is 0 Å². The monoisotopic (exact) mass is 277 g/mol. The molecule has 0 radical (unpaired) electrons. The summed E-state index contributed by atoms with van der Waals surface area (Å²) in [6.45, 7) is 11.6. The Bertz CT molecular complexity index is 419. The summed E-state index contributed by atoms with van der Waals surface area (Å²) in [6.07, 6.45) is 2.32. The normalized spacial score (nSPS) is 15.4. The van der Waals surface area contributed by atoms with Crippen LogP contribution in [-0.2, 0) is 6.42 Å². The minimum atomic E-state index is 0.657. The zero-order chi connectivity index (χ0) is 14.4. The fourth-order valence-corrected chi connectivity index (χ4v) is 2.82. The van der Waals surface area contributed by atoms with Crippen LogP contribution in [0.3, 0.4) is 0 Å². The molecule has 1 atom stereocenters. The highest BCUT2D eigenvalue weighted by molar-refractivity contribution is 5.43. The van der Waals surface area contributed by atoms with Crippen molar-refractivity contribution in [2.45, 2.75) is 33.6 Å². The minimum Gasteiger partial charge on any atom is -0.486 e. The molecule has 0 aliphatic carbocycles.